The van der Waals surface area contributed by atoms with Gasteiger partial charge in [-0.25, -0.2) is 9.59 Å². The molecule has 0 aliphatic carbocycles. The number of urea groups is 1. The van der Waals surface area contributed by atoms with Gasteiger partial charge in [-0.05, 0) is 12.1 Å². The lowest BCUT2D eigenvalue weighted by atomic mass is 10.2. The number of hydrogen-bond acceptors (Lipinski definition) is 4. The van der Waals surface area contributed by atoms with Gasteiger partial charge in [0.1, 0.15) is 11.8 Å². The van der Waals surface area contributed by atoms with E-state index < -0.39 is 30.4 Å². The van der Waals surface area contributed by atoms with E-state index in [2.05, 4.69) is 5.32 Å². The lowest BCUT2D eigenvalue weighted by Gasteiger charge is -2.12. The van der Waals surface area contributed by atoms with E-state index in [0.717, 1.165) is 0 Å². The van der Waals surface area contributed by atoms with Crippen LogP contribution in [0.2, 0.25) is 0 Å². The van der Waals surface area contributed by atoms with Crippen LogP contribution in [0.3, 0.4) is 0 Å². The van der Waals surface area contributed by atoms with Gasteiger partial charge < -0.3 is 25.3 Å². The summed E-state index contributed by atoms with van der Waals surface area (Å²) in [6.45, 7) is 0.0816. The zero-order chi connectivity index (χ0) is 13.5. The van der Waals surface area contributed by atoms with Crippen molar-refractivity contribution in [3.63, 3.8) is 0 Å². The Bertz CT molecular complexity index is 428. The topological polar surface area (TPSA) is 129 Å². The van der Waals surface area contributed by atoms with Gasteiger partial charge in [-0.3, -0.25) is 4.79 Å². The van der Waals surface area contributed by atoms with Crippen LogP contribution in [0.25, 0.3) is 0 Å². The zero-order valence-corrected chi connectivity index (χ0v) is 9.25. The Hall–Kier alpha value is -2.51. The Morgan fingerprint density at radius 1 is 1.33 bits per heavy atom. The quantitative estimate of drug-likeness (QED) is 0.567. The molecule has 0 aliphatic rings. The van der Waals surface area contributed by atoms with Gasteiger partial charge in [0.05, 0.1) is 19.2 Å². The Balaban J connectivity index is 2.41. The number of hydrogen-bond donors (Lipinski definition) is 4. The minimum atomic E-state index is -1.47. The third-order valence-corrected chi connectivity index (χ3v) is 1.99. The number of nitrogens with one attached hydrogen (secondary N) is 2. The smallest absolute Gasteiger partial charge is 0.326 e. The van der Waals surface area contributed by atoms with Crippen LogP contribution in [-0.4, -0.2) is 34.2 Å². The van der Waals surface area contributed by atoms with Crippen LogP contribution in [0.15, 0.2) is 22.8 Å². The van der Waals surface area contributed by atoms with E-state index in [1.807, 2.05) is 5.32 Å². The number of carbonyl (C=O) groups excluding carboxylic acids is 1. The molecule has 4 N–H and O–H groups in total. The summed E-state index contributed by atoms with van der Waals surface area (Å²) < 4.78 is 4.95. The molecule has 1 atom stereocenters. The number of furan rings is 1. The minimum Gasteiger partial charge on any atom is -0.481 e. The van der Waals surface area contributed by atoms with E-state index in [9.17, 15) is 14.4 Å². The van der Waals surface area contributed by atoms with Crippen LogP contribution in [0.1, 0.15) is 12.2 Å². The number of carboxylic acids is 2. The average molecular weight is 256 g/mol. The van der Waals surface area contributed by atoms with Gasteiger partial charge in [-0.2, -0.15) is 0 Å². The summed E-state index contributed by atoms with van der Waals surface area (Å²) in [7, 11) is 0. The number of carbonyl (C=O) groups is 3. The Kier molecular flexibility index (Phi) is 4.73. The molecule has 0 saturated heterocycles. The Labute approximate surface area is 102 Å². The summed E-state index contributed by atoms with van der Waals surface area (Å²) in [6.07, 6.45) is 0.739. The van der Waals surface area contributed by atoms with Crippen LogP contribution in [0.4, 0.5) is 4.79 Å². The molecule has 0 aromatic carbocycles. The molecular weight excluding hydrogens is 244 g/mol. The fraction of sp³-hybridized carbons (Fsp3) is 0.300. The highest BCUT2D eigenvalue weighted by Crippen LogP contribution is 1.98. The molecule has 0 spiro atoms. The van der Waals surface area contributed by atoms with Gasteiger partial charge in [0, 0.05) is 0 Å². The number of rotatable bonds is 6. The second-order valence-electron chi connectivity index (χ2n) is 3.40. The molecule has 0 unspecified atom stereocenters. The first-order valence-electron chi connectivity index (χ1n) is 5.00. The molecule has 0 radical (unpaired) electrons. The summed E-state index contributed by atoms with van der Waals surface area (Å²) in [5.41, 5.74) is 0. The molecule has 8 nitrogen and oxygen atoms in total. The van der Waals surface area contributed by atoms with Gasteiger partial charge in [0.15, 0.2) is 0 Å². The molecule has 18 heavy (non-hydrogen) atoms. The Morgan fingerprint density at radius 3 is 2.56 bits per heavy atom. The van der Waals surface area contributed by atoms with Gasteiger partial charge in [0.25, 0.3) is 0 Å². The number of carboxylic acid groups (broad SMARTS) is 2. The van der Waals surface area contributed by atoms with Gasteiger partial charge in [-0.15, -0.1) is 0 Å². The van der Waals surface area contributed by atoms with Crippen molar-refractivity contribution < 1.29 is 29.0 Å². The first-order valence-corrected chi connectivity index (χ1v) is 5.00. The lowest BCUT2D eigenvalue weighted by molar-refractivity contribution is -0.145. The minimum absolute atomic E-state index is 0.0816. The molecule has 0 bridgehead atoms. The van der Waals surface area contributed by atoms with E-state index >= 15 is 0 Å². The first kappa shape index (κ1) is 13.6. The molecule has 0 saturated carbocycles. The van der Waals surface area contributed by atoms with Crippen LogP contribution >= 0.6 is 0 Å². The maximum Gasteiger partial charge on any atom is 0.326 e. The second kappa shape index (κ2) is 6.28. The highest BCUT2D eigenvalue weighted by molar-refractivity contribution is 5.86. The lowest BCUT2D eigenvalue weighted by Crippen LogP contribution is -2.46. The van der Waals surface area contributed by atoms with Gasteiger partial charge in [0.2, 0.25) is 0 Å². The van der Waals surface area contributed by atoms with Crippen LogP contribution < -0.4 is 10.6 Å². The fourth-order valence-corrected chi connectivity index (χ4v) is 1.16. The van der Waals surface area contributed by atoms with E-state index in [-0.39, 0.29) is 6.54 Å². The molecule has 1 heterocycles. The average Bonchev–Trinajstić information content (AvgIpc) is 2.77. The molecule has 1 rings (SSSR count). The predicted octanol–water partition coefficient (Wildman–Crippen LogP) is 0.00670. The second-order valence-corrected chi connectivity index (χ2v) is 3.40. The van der Waals surface area contributed by atoms with Gasteiger partial charge in [-0.1, -0.05) is 0 Å². The van der Waals surface area contributed by atoms with Crippen molar-refractivity contribution in [2.45, 2.75) is 19.0 Å². The molecule has 1 aromatic heterocycles. The van der Waals surface area contributed by atoms with Crippen LogP contribution in [0.5, 0.6) is 0 Å². The van der Waals surface area contributed by atoms with Crippen molar-refractivity contribution >= 4 is 18.0 Å². The molecule has 1 aromatic rings. The summed E-state index contributed by atoms with van der Waals surface area (Å²) in [5.74, 6) is -2.23. The van der Waals surface area contributed by atoms with E-state index in [1.54, 1.807) is 12.1 Å². The van der Waals surface area contributed by atoms with Gasteiger partial charge >= 0.3 is 18.0 Å². The van der Waals surface area contributed by atoms with E-state index in [1.165, 1.54) is 6.26 Å². The third-order valence-electron chi connectivity index (χ3n) is 1.99. The highest BCUT2D eigenvalue weighted by Gasteiger charge is 2.22. The third kappa shape index (κ3) is 4.56. The van der Waals surface area contributed by atoms with Crippen LogP contribution in [0, 0.1) is 0 Å². The SMILES string of the molecule is O=C(O)C[C@@H](NC(=O)NCc1ccco1)C(=O)O. The molecule has 0 fully saturated rings. The number of aliphatic carboxylic acids is 2. The van der Waals surface area contributed by atoms with Crippen molar-refractivity contribution in [1.82, 2.24) is 10.6 Å². The van der Waals surface area contributed by atoms with Crippen molar-refractivity contribution in [2.24, 2.45) is 0 Å². The van der Waals surface area contributed by atoms with Crippen molar-refractivity contribution in [2.75, 3.05) is 0 Å². The maximum atomic E-state index is 11.3. The number of amides is 2. The summed E-state index contributed by atoms with van der Waals surface area (Å²) in [6, 6.07) is 1.02. The largest absolute Gasteiger partial charge is 0.481 e. The summed E-state index contributed by atoms with van der Waals surface area (Å²) >= 11 is 0. The molecule has 8 heteroatoms. The summed E-state index contributed by atoms with van der Waals surface area (Å²) in [4.78, 5) is 32.4. The maximum absolute atomic E-state index is 11.3. The summed E-state index contributed by atoms with van der Waals surface area (Å²) in [5, 5.41) is 21.6. The predicted molar refractivity (Wildman–Crippen MR) is 57.8 cm³/mol. The molecule has 98 valence electrons. The standard InChI is InChI=1S/C10H12N2O6/c13-8(14)4-7(9(15)16)12-10(17)11-5-6-2-1-3-18-6/h1-3,7H,4-5H2,(H,13,14)(H,15,16)(H2,11,12,17)/t7-/m1/s1. The fourth-order valence-electron chi connectivity index (χ4n) is 1.16. The molecule has 0 aliphatic heterocycles. The monoisotopic (exact) mass is 256 g/mol. The first-order chi connectivity index (χ1) is 8.49. The van der Waals surface area contributed by atoms with Crippen LogP contribution in [-0.2, 0) is 16.1 Å². The van der Waals surface area contributed by atoms with Crippen molar-refractivity contribution in [3.8, 4) is 0 Å². The Morgan fingerprint density at radius 2 is 2.06 bits per heavy atom. The zero-order valence-electron chi connectivity index (χ0n) is 9.25. The van der Waals surface area contributed by atoms with Crippen molar-refractivity contribution in [3.05, 3.63) is 24.2 Å². The molecular formula is C10H12N2O6. The van der Waals surface area contributed by atoms with E-state index in [0.29, 0.717) is 5.76 Å². The van der Waals surface area contributed by atoms with Crippen molar-refractivity contribution in [1.29, 1.82) is 0 Å². The highest BCUT2D eigenvalue weighted by atomic mass is 16.4. The normalized spacial score (nSPS) is 11.6. The van der Waals surface area contributed by atoms with E-state index in [4.69, 9.17) is 14.6 Å². The molecule has 2 amide bonds.